The van der Waals surface area contributed by atoms with Crippen molar-refractivity contribution in [1.82, 2.24) is 15.1 Å². The van der Waals surface area contributed by atoms with Gasteiger partial charge < -0.3 is 25.0 Å². The average molecular weight is 289 g/mol. The predicted molar refractivity (Wildman–Crippen MR) is 76.8 cm³/mol. The number of rotatable bonds is 10. The standard InChI is InChI=1S/C13H27N3O4/c1-5-16(10-11(2)12(17)18)13(19)14-6-8-20-9-7-15(3)4/h11H,5-10H2,1-4H3,(H,14,19)(H,17,18). The van der Waals surface area contributed by atoms with Gasteiger partial charge >= 0.3 is 12.0 Å². The largest absolute Gasteiger partial charge is 0.481 e. The number of likely N-dealkylation sites (N-methyl/N-ethyl adjacent to an activating group) is 1. The molecule has 0 saturated heterocycles. The lowest BCUT2D eigenvalue weighted by Crippen LogP contribution is -2.44. The van der Waals surface area contributed by atoms with E-state index in [-0.39, 0.29) is 12.6 Å². The van der Waals surface area contributed by atoms with Gasteiger partial charge in [0.05, 0.1) is 19.1 Å². The van der Waals surface area contributed by atoms with Gasteiger partial charge in [0, 0.05) is 26.2 Å². The molecule has 0 bridgehead atoms. The van der Waals surface area contributed by atoms with Crippen LogP contribution in [0.4, 0.5) is 4.79 Å². The van der Waals surface area contributed by atoms with E-state index in [1.54, 1.807) is 6.92 Å². The molecule has 0 aromatic rings. The molecule has 0 radical (unpaired) electrons. The first-order chi connectivity index (χ1) is 9.38. The van der Waals surface area contributed by atoms with E-state index in [9.17, 15) is 9.59 Å². The third kappa shape index (κ3) is 8.71. The lowest BCUT2D eigenvalue weighted by Gasteiger charge is -2.23. The molecule has 7 heteroatoms. The van der Waals surface area contributed by atoms with Gasteiger partial charge in [0.25, 0.3) is 0 Å². The van der Waals surface area contributed by atoms with Crippen LogP contribution in [0, 0.1) is 5.92 Å². The summed E-state index contributed by atoms with van der Waals surface area (Å²) in [6, 6.07) is -0.253. The highest BCUT2D eigenvalue weighted by atomic mass is 16.5. The number of carbonyl (C=O) groups is 2. The predicted octanol–water partition coefficient (Wildman–Crippen LogP) is 0.317. The number of ether oxygens (including phenoxy) is 1. The van der Waals surface area contributed by atoms with E-state index in [0.29, 0.717) is 26.3 Å². The zero-order chi connectivity index (χ0) is 15.5. The second-order valence-electron chi connectivity index (χ2n) is 4.93. The molecule has 0 aliphatic rings. The van der Waals surface area contributed by atoms with Crippen LogP contribution in [0.25, 0.3) is 0 Å². The highest BCUT2D eigenvalue weighted by Gasteiger charge is 2.18. The summed E-state index contributed by atoms with van der Waals surface area (Å²) < 4.78 is 5.36. The molecule has 1 atom stereocenters. The Balaban J connectivity index is 3.84. The highest BCUT2D eigenvalue weighted by molar-refractivity contribution is 5.75. The fourth-order valence-corrected chi connectivity index (χ4v) is 1.46. The highest BCUT2D eigenvalue weighted by Crippen LogP contribution is 2.00. The molecule has 0 aliphatic carbocycles. The Hall–Kier alpha value is -1.34. The van der Waals surface area contributed by atoms with E-state index < -0.39 is 11.9 Å². The second kappa shape index (κ2) is 10.4. The smallest absolute Gasteiger partial charge is 0.317 e. The van der Waals surface area contributed by atoms with E-state index in [1.807, 2.05) is 25.9 Å². The molecule has 20 heavy (non-hydrogen) atoms. The van der Waals surface area contributed by atoms with Crippen molar-refractivity contribution in [3.8, 4) is 0 Å². The van der Waals surface area contributed by atoms with E-state index in [0.717, 1.165) is 6.54 Å². The monoisotopic (exact) mass is 289 g/mol. The molecule has 0 aromatic heterocycles. The Morgan fingerprint density at radius 2 is 1.95 bits per heavy atom. The van der Waals surface area contributed by atoms with E-state index in [2.05, 4.69) is 5.32 Å². The maximum Gasteiger partial charge on any atom is 0.317 e. The van der Waals surface area contributed by atoms with E-state index >= 15 is 0 Å². The van der Waals surface area contributed by atoms with Gasteiger partial charge in [0.2, 0.25) is 0 Å². The Kier molecular flexibility index (Phi) is 9.75. The first-order valence-corrected chi connectivity index (χ1v) is 6.86. The summed E-state index contributed by atoms with van der Waals surface area (Å²) in [5.41, 5.74) is 0. The summed E-state index contributed by atoms with van der Waals surface area (Å²) in [6.07, 6.45) is 0. The lowest BCUT2D eigenvalue weighted by molar-refractivity contribution is -0.141. The van der Waals surface area contributed by atoms with Crippen LogP contribution in [-0.4, -0.2) is 80.4 Å². The van der Waals surface area contributed by atoms with Crippen molar-refractivity contribution < 1.29 is 19.4 Å². The van der Waals surface area contributed by atoms with Gasteiger partial charge in [-0.05, 0) is 21.0 Å². The fourth-order valence-electron chi connectivity index (χ4n) is 1.46. The Labute approximate surface area is 120 Å². The minimum Gasteiger partial charge on any atom is -0.481 e. The number of aliphatic carboxylic acids is 1. The molecule has 0 fully saturated rings. The summed E-state index contributed by atoms with van der Waals surface area (Å²) in [6.45, 7) is 6.42. The number of nitrogens with one attached hydrogen (secondary N) is 1. The number of nitrogens with zero attached hydrogens (tertiary/aromatic N) is 2. The molecular weight excluding hydrogens is 262 g/mol. The van der Waals surface area contributed by atoms with Crippen LogP contribution in [0.1, 0.15) is 13.8 Å². The van der Waals surface area contributed by atoms with Gasteiger partial charge in [-0.1, -0.05) is 6.92 Å². The molecule has 0 rings (SSSR count). The van der Waals surface area contributed by atoms with Crippen LogP contribution in [0.15, 0.2) is 0 Å². The summed E-state index contributed by atoms with van der Waals surface area (Å²) in [7, 11) is 3.93. The van der Waals surface area contributed by atoms with Gasteiger partial charge in [-0.25, -0.2) is 4.79 Å². The number of urea groups is 1. The molecule has 0 saturated carbocycles. The molecule has 0 aromatic carbocycles. The van der Waals surface area contributed by atoms with Crippen LogP contribution in [0.2, 0.25) is 0 Å². The van der Waals surface area contributed by atoms with Gasteiger partial charge in [-0.2, -0.15) is 0 Å². The van der Waals surface area contributed by atoms with Gasteiger partial charge in [-0.15, -0.1) is 0 Å². The topological polar surface area (TPSA) is 82.1 Å². The molecule has 2 amide bonds. The second-order valence-corrected chi connectivity index (χ2v) is 4.93. The number of carboxylic acids is 1. The van der Waals surface area contributed by atoms with Crippen LogP contribution >= 0.6 is 0 Å². The summed E-state index contributed by atoms with van der Waals surface area (Å²) in [5, 5.41) is 11.6. The number of carbonyl (C=O) groups excluding carboxylic acids is 1. The van der Waals surface area contributed by atoms with E-state index in [1.165, 1.54) is 4.90 Å². The third-order valence-corrected chi connectivity index (χ3v) is 2.79. The van der Waals surface area contributed by atoms with Gasteiger partial charge in [0.1, 0.15) is 0 Å². The summed E-state index contributed by atoms with van der Waals surface area (Å²) in [4.78, 5) is 26.1. The molecule has 0 aliphatic heterocycles. The maximum atomic E-state index is 11.8. The Morgan fingerprint density at radius 3 is 2.45 bits per heavy atom. The SMILES string of the molecule is CCN(CC(C)C(=O)O)C(=O)NCCOCCN(C)C. The number of carboxylic acid groups (broad SMARTS) is 1. The summed E-state index contributed by atoms with van der Waals surface area (Å²) in [5.74, 6) is -1.47. The Bertz CT molecular complexity index is 297. The minimum atomic E-state index is -0.900. The first kappa shape index (κ1) is 18.7. The zero-order valence-electron chi connectivity index (χ0n) is 12.9. The van der Waals surface area contributed by atoms with Crippen molar-refractivity contribution in [2.45, 2.75) is 13.8 Å². The average Bonchev–Trinajstić information content (AvgIpc) is 2.38. The fraction of sp³-hybridized carbons (Fsp3) is 0.846. The van der Waals surface area contributed by atoms with Crippen molar-refractivity contribution >= 4 is 12.0 Å². The van der Waals surface area contributed by atoms with Crippen molar-refractivity contribution in [2.75, 3.05) is 53.5 Å². The van der Waals surface area contributed by atoms with Gasteiger partial charge in [-0.3, -0.25) is 4.79 Å². The molecule has 0 heterocycles. The molecule has 7 nitrogen and oxygen atoms in total. The molecule has 118 valence electrons. The van der Waals surface area contributed by atoms with Crippen LogP contribution in [-0.2, 0) is 9.53 Å². The van der Waals surface area contributed by atoms with Crippen LogP contribution in [0.5, 0.6) is 0 Å². The normalized spacial score (nSPS) is 12.2. The van der Waals surface area contributed by atoms with Gasteiger partial charge in [0.15, 0.2) is 0 Å². The zero-order valence-corrected chi connectivity index (χ0v) is 12.9. The first-order valence-electron chi connectivity index (χ1n) is 6.86. The lowest BCUT2D eigenvalue weighted by atomic mass is 10.2. The van der Waals surface area contributed by atoms with Crippen molar-refractivity contribution in [3.05, 3.63) is 0 Å². The number of amides is 2. The Morgan fingerprint density at radius 1 is 1.30 bits per heavy atom. The molecule has 1 unspecified atom stereocenters. The molecular formula is C13H27N3O4. The number of hydrogen-bond acceptors (Lipinski definition) is 4. The number of hydrogen-bond donors (Lipinski definition) is 2. The molecule has 0 spiro atoms. The minimum absolute atomic E-state index is 0.207. The van der Waals surface area contributed by atoms with Crippen molar-refractivity contribution in [2.24, 2.45) is 5.92 Å². The van der Waals surface area contributed by atoms with Crippen LogP contribution < -0.4 is 5.32 Å². The van der Waals surface area contributed by atoms with E-state index in [4.69, 9.17) is 9.84 Å². The van der Waals surface area contributed by atoms with Crippen molar-refractivity contribution in [3.63, 3.8) is 0 Å². The maximum absolute atomic E-state index is 11.8. The quantitative estimate of drug-likeness (QED) is 0.566. The van der Waals surface area contributed by atoms with Crippen molar-refractivity contribution in [1.29, 1.82) is 0 Å². The summed E-state index contributed by atoms with van der Waals surface area (Å²) >= 11 is 0. The van der Waals surface area contributed by atoms with Crippen LogP contribution in [0.3, 0.4) is 0 Å². The molecule has 2 N–H and O–H groups in total. The third-order valence-electron chi connectivity index (χ3n) is 2.79.